The number of phenolic OH excluding ortho intramolecular Hbond substituents is 1. The lowest BCUT2D eigenvalue weighted by Crippen LogP contribution is -2.57. The summed E-state index contributed by atoms with van der Waals surface area (Å²) >= 11 is 0. The van der Waals surface area contributed by atoms with Crippen LogP contribution in [-0.4, -0.2) is 75.7 Å². The van der Waals surface area contributed by atoms with Crippen molar-refractivity contribution in [3.05, 3.63) is 29.8 Å². The summed E-state index contributed by atoms with van der Waals surface area (Å²) in [6.07, 6.45) is 0.328. The number of carbonyl (C=O) groups is 5. The van der Waals surface area contributed by atoms with Gasteiger partial charge in [0.1, 0.15) is 23.9 Å². The summed E-state index contributed by atoms with van der Waals surface area (Å²) in [6, 6.07) is 1.32. The van der Waals surface area contributed by atoms with Crippen LogP contribution < -0.4 is 27.4 Å². The van der Waals surface area contributed by atoms with Crippen molar-refractivity contribution in [2.45, 2.75) is 69.6 Å². The molecule has 0 aromatic heterocycles. The van der Waals surface area contributed by atoms with E-state index in [1.807, 2.05) is 0 Å². The average Bonchev–Trinajstić information content (AvgIpc) is 2.81. The predicted octanol–water partition coefficient (Wildman–Crippen LogP) is -1.19. The second-order valence-electron chi connectivity index (χ2n) is 8.40. The number of rotatable bonds is 16. The number of carbonyl (C=O) groups excluding carboxylic acids is 3. The highest BCUT2D eigenvalue weighted by Gasteiger charge is 2.30. The molecule has 200 valence electrons. The molecule has 1 aromatic rings. The quantitative estimate of drug-likeness (QED) is 0.124. The molecule has 13 heteroatoms. The number of nitrogens with one attached hydrogen (secondary N) is 3. The molecule has 0 aliphatic heterocycles. The van der Waals surface area contributed by atoms with Crippen LogP contribution in [0.25, 0.3) is 0 Å². The molecule has 3 amide bonds. The van der Waals surface area contributed by atoms with Crippen LogP contribution in [0.3, 0.4) is 0 Å². The third-order valence-electron chi connectivity index (χ3n) is 5.26. The van der Waals surface area contributed by atoms with Crippen molar-refractivity contribution < 1.29 is 39.3 Å². The van der Waals surface area contributed by atoms with E-state index in [0.717, 1.165) is 0 Å². The Morgan fingerprint density at radius 2 is 1.39 bits per heavy atom. The first-order chi connectivity index (χ1) is 16.9. The van der Waals surface area contributed by atoms with E-state index in [4.69, 9.17) is 16.6 Å². The van der Waals surface area contributed by atoms with Gasteiger partial charge < -0.3 is 42.7 Å². The number of amides is 3. The summed E-state index contributed by atoms with van der Waals surface area (Å²) in [4.78, 5) is 60.5. The number of benzene rings is 1. The molecular formula is C23H35N5O8. The van der Waals surface area contributed by atoms with Gasteiger partial charge in [-0.05, 0) is 56.8 Å². The van der Waals surface area contributed by atoms with Gasteiger partial charge in [-0.25, -0.2) is 4.79 Å². The molecule has 4 atom stereocenters. The van der Waals surface area contributed by atoms with Crippen molar-refractivity contribution in [2.75, 3.05) is 6.54 Å². The third kappa shape index (κ3) is 11.1. The summed E-state index contributed by atoms with van der Waals surface area (Å²) in [7, 11) is 0. The second-order valence-corrected chi connectivity index (χ2v) is 8.40. The maximum absolute atomic E-state index is 13.1. The molecule has 0 saturated heterocycles. The summed E-state index contributed by atoms with van der Waals surface area (Å²) < 4.78 is 0. The van der Waals surface area contributed by atoms with Crippen LogP contribution in [0.1, 0.15) is 44.6 Å². The van der Waals surface area contributed by atoms with Crippen molar-refractivity contribution in [1.82, 2.24) is 16.0 Å². The number of carboxylic acid groups (broad SMARTS) is 2. The Morgan fingerprint density at radius 1 is 0.833 bits per heavy atom. The van der Waals surface area contributed by atoms with Crippen LogP contribution in [0.4, 0.5) is 0 Å². The van der Waals surface area contributed by atoms with Crippen molar-refractivity contribution >= 4 is 29.7 Å². The molecule has 0 heterocycles. The van der Waals surface area contributed by atoms with Crippen LogP contribution >= 0.6 is 0 Å². The van der Waals surface area contributed by atoms with Crippen LogP contribution in [0.5, 0.6) is 5.75 Å². The SMILES string of the molecule is CC(N)C(=O)NC(Cc1ccc(O)cc1)C(=O)NC(CCCCN)C(=O)NC(CCC(=O)O)C(=O)O. The molecule has 1 aromatic carbocycles. The van der Waals surface area contributed by atoms with E-state index in [1.165, 1.54) is 19.1 Å². The van der Waals surface area contributed by atoms with Crippen molar-refractivity contribution in [3.8, 4) is 5.75 Å². The number of nitrogens with two attached hydrogens (primary N) is 2. The largest absolute Gasteiger partial charge is 0.508 e. The first-order valence-electron chi connectivity index (χ1n) is 11.5. The van der Waals surface area contributed by atoms with Gasteiger partial charge in [0.05, 0.1) is 6.04 Å². The first kappa shape index (κ1) is 30.3. The summed E-state index contributed by atoms with van der Waals surface area (Å²) in [5.74, 6) is -4.72. The lowest BCUT2D eigenvalue weighted by atomic mass is 10.0. The van der Waals surface area contributed by atoms with E-state index in [1.54, 1.807) is 12.1 Å². The zero-order chi connectivity index (χ0) is 27.3. The summed E-state index contributed by atoms with van der Waals surface area (Å²) in [5, 5.41) is 35.0. The summed E-state index contributed by atoms with van der Waals surface area (Å²) in [5.41, 5.74) is 11.7. The number of aromatic hydroxyl groups is 1. The maximum atomic E-state index is 13.1. The zero-order valence-corrected chi connectivity index (χ0v) is 20.1. The van der Waals surface area contributed by atoms with E-state index >= 15 is 0 Å². The molecule has 0 radical (unpaired) electrons. The number of phenols is 1. The number of aliphatic carboxylic acids is 2. The van der Waals surface area contributed by atoms with Gasteiger partial charge in [-0.15, -0.1) is 0 Å². The Bertz CT molecular complexity index is 906. The van der Waals surface area contributed by atoms with Gasteiger partial charge in [-0.3, -0.25) is 19.2 Å². The van der Waals surface area contributed by atoms with Gasteiger partial charge >= 0.3 is 11.9 Å². The number of carboxylic acids is 2. The van der Waals surface area contributed by atoms with Crippen LogP contribution in [0.2, 0.25) is 0 Å². The highest BCUT2D eigenvalue weighted by Crippen LogP contribution is 2.12. The Morgan fingerprint density at radius 3 is 1.92 bits per heavy atom. The highest BCUT2D eigenvalue weighted by atomic mass is 16.4. The van der Waals surface area contributed by atoms with Crippen molar-refractivity contribution in [3.63, 3.8) is 0 Å². The van der Waals surface area contributed by atoms with E-state index < -0.39 is 60.2 Å². The smallest absolute Gasteiger partial charge is 0.326 e. The Balaban J connectivity index is 3.07. The third-order valence-corrected chi connectivity index (χ3v) is 5.26. The molecule has 13 nitrogen and oxygen atoms in total. The molecule has 36 heavy (non-hydrogen) atoms. The Labute approximate surface area is 208 Å². The minimum Gasteiger partial charge on any atom is -0.508 e. The minimum atomic E-state index is -1.46. The van der Waals surface area contributed by atoms with Crippen LogP contribution in [0.15, 0.2) is 24.3 Å². The van der Waals surface area contributed by atoms with Gasteiger partial charge in [-0.2, -0.15) is 0 Å². The zero-order valence-electron chi connectivity index (χ0n) is 20.1. The van der Waals surface area contributed by atoms with E-state index in [2.05, 4.69) is 16.0 Å². The highest BCUT2D eigenvalue weighted by molar-refractivity contribution is 5.94. The molecule has 0 aliphatic rings. The van der Waals surface area contributed by atoms with Crippen LogP contribution in [0, 0.1) is 0 Å². The predicted molar refractivity (Wildman–Crippen MR) is 129 cm³/mol. The van der Waals surface area contributed by atoms with E-state index in [0.29, 0.717) is 24.9 Å². The number of hydrogen-bond acceptors (Lipinski definition) is 8. The minimum absolute atomic E-state index is 0.0203. The van der Waals surface area contributed by atoms with Gasteiger partial charge in [0, 0.05) is 12.8 Å². The van der Waals surface area contributed by atoms with Gasteiger partial charge in [0.15, 0.2) is 0 Å². The number of unbranched alkanes of at least 4 members (excludes halogenated alkanes) is 1. The molecule has 4 unspecified atom stereocenters. The molecule has 0 bridgehead atoms. The normalized spacial score (nSPS) is 14.1. The standard InChI is InChI=1S/C23H35N5O8/c1-13(25)20(32)28-18(12-14-5-7-15(29)8-6-14)22(34)26-16(4-2-3-11-24)21(33)27-17(23(35)36)9-10-19(30)31/h5-8,13,16-18,29H,2-4,9-12,24-25H2,1H3,(H,26,34)(H,27,33)(H,28,32)(H,30,31)(H,35,36). The molecule has 1 rings (SSSR count). The molecule has 0 spiro atoms. The van der Waals surface area contributed by atoms with Gasteiger partial charge in [0.2, 0.25) is 17.7 Å². The fraction of sp³-hybridized carbons (Fsp3) is 0.522. The summed E-state index contributed by atoms with van der Waals surface area (Å²) in [6.45, 7) is 1.78. The topological polar surface area (TPSA) is 234 Å². The van der Waals surface area contributed by atoms with E-state index in [9.17, 15) is 34.2 Å². The second kappa shape index (κ2) is 15.3. The van der Waals surface area contributed by atoms with Crippen LogP contribution in [-0.2, 0) is 30.4 Å². The molecule has 0 fully saturated rings. The first-order valence-corrected chi connectivity index (χ1v) is 11.5. The van der Waals surface area contributed by atoms with Crippen molar-refractivity contribution in [1.29, 1.82) is 0 Å². The van der Waals surface area contributed by atoms with Crippen molar-refractivity contribution in [2.24, 2.45) is 11.5 Å². The lowest BCUT2D eigenvalue weighted by molar-refractivity contribution is -0.143. The van der Waals surface area contributed by atoms with Gasteiger partial charge in [-0.1, -0.05) is 12.1 Å². The Hall–Kier alpha value is -3.71. The molecule has 0 saturated carbocycles. The van der Waals surface area contributed by atoms with Gasteiger partial charge in [0.25, 0.3) is 0 Å². The fourth-order valence-electron chi connectivity index (χ4n) is 3.21. The molecule has 10 N–H and O–H groups in total. The fourth-order valence-corrected chi connectivity index (χ4v) is 3.21. The average molecular weight is 510 g/mol. The number of hydrogen-bond donors (Lipinski definition) is 8. The molecular weight excluding hydrogens is 474 g/mol. The lowest BCUT2D eigenvalue weighted by Gasteiger charge is -2.25. The molecule has 0 aliphatic carbocycles. The Kier molecular flexibility index (Phi) is 12.9. The van der Waals surface area contributed by atoms with E-state index in [-0.39, 0.29) is 25.0 Å². The monoisotopic (exact) mass is 509 g/mol. The maximum Gasteiger partial charge on any atom is 0.326 e.